The zero-order valence-electron chi connectivity index (χ0n) is 14.9. The van der Waals surface area contributed by atoms with Crippen molar-refractivity contribution in [2.24, 2.45) is 0 Å². The van der Waals surface area contributed by atoms with Gasteiger partial charge in [-0.3, -0.25) is 0 Å². The lowest BCUT2D eigenvalue weighted by Gasteiger charge is -2.18. The monoisotopic (exact) mass is 380 g/mol. The van der Waals surface area contributed by atoms with E-state index in [1.54, 1.807) is 30.3 Å². The largest absolute Gasteiger partial charge is 0.507 e. The summed E-state index contributed by atoms with van der Waals surface area (Å²) in [4.78, 5) is 10.9. The number of ether oxygens (including phenoxy) is 1. The second-order valence-electron chi connectivity index (χ2n) is 6.10. The van der Waals surface area contributed by atoms with E-state index >= 15 is 0 Å². The van der Waals surface area contributed by atoms with Gasteiger partial charge in [0.25, 0.3) is 0 Å². The summed E-state index contributed by atoms with van der Waals surface area (Å²) in [6.45, 7) is 0.366. The van der Waals surface area contributed by atoms with Gasteiger partial charge in [-0.1, -0.05) is 42.5 Å². The van der Waals surface area contributed by atoms with E-state index in [2.05, 4.69) is 15.5 Å². The van der Waals surface area contributed by atoms with E-state index in [-0.39, 0.29) is 30.6 Å². The van der Waals surface area contributed by atoms with Crippen LogP contribution in [0, 0.1) is 0 Å². The summed E-state index contributed by atoms with van der Waals surface area (Å²) >= 11 is 0. The third-order valence-corrected chi connectivity index (χ3v) is 4.18. The minimum atomic E-state index is -1.10. The third kappa shape index (κ3) is 4.67. The first-order chi connectivity index (χ1) is 13.5. The number of nitrogens with two attached hydrogens (primary N) is 1. The van der Waals surface area contributed by atoms with E-state index in [1.807, 2.05) is 30.3 Å². The molecule has 2 aromatic carbocycles. The minimum absolute atomic E-state index is 0.0698. The molecule has 0 spiro atoms. The molecule has 1 amide bonds. The van der Waals surface area contributed by atoms with Crippen molar-refractivity contribution in [3.8, 4) is 22.8 Å². The van der Waals surface area contributed by atoms with Crippen LogP contribution in [0.25, 0.3) is 11.3 Å². The van der Waals surface area contributed by atoms with Crippen molar-refractivity contribution in [2.75, 3.05) is 18.9 Å². The molecule has 1 atom stereocenters. The van der Waals surface area contributed by atoms with Crippen molar-refractivity contribution in [3.05, 3.63) is 66.2 Å². The maximum atomic E-state index is 10.9. The van der Waals surface area contributed by atoms with Crippen molar-refractivity contribution in [1.82, 2.24) is 15.5 Å². The summed E-state index contributed by atoms with van der Waals surface area (Å²) in [7, 11) is 0. The molecule has 5 N–H and O–H groups in total. The van der Waals surface area contributed by atoms with Crippen LogP contribution in [-0.4, -0.2) is 39.7 Å². The Bertz CT molecular complexity index is 950. The van der Waals surface area contributed by atoms with Crippen LogP contribution in [0.5, 0.6) is 11.5 Å². The molecule has 1 aromatic heterocycles. The van der Waals surface area contributed by atoms with Crippen LogP contribution in [0.15, 0.2) is 60.7 Å². The highest BCUT2D eigenvalue weighted by Crippen LogP contribution is 2.31. The van der Waals surface area contributed by atoms with Gasteiger partial charge in [0.15, 0.2) is 11.6 Å². The van der Waals surface area contributed by atoms with Gasteiger partial charge in [0.2, 0.25) is 0 Å². The Morgan fingerprint density at radius 3 is 2.54 bits per heavy atom. The predicted molar refractivity (Wildman–Crippen MR) is 104 cm³/mol. The standard InChI is InChI=1S/C20H20N4O4/c21-19-18(10-16(23-24-19)15-8-4-5-9-17(15)25)28-12-14(11-22-20(26)27)13-6-2-1-3-7-13/h1-10,14,22,25H,11-12H2,(H2,21,24)(H,26,27). The molecule has 3 rings (SSSR count). The molecule has 0 fully saturated rings. The number of amides is 1. The zero-order chi connectivity index (χ0) is 19.9. The third-order valence-electron chi connectivity index (χ3n) is 4.18. The van der Waals surface area contributed by atoms with Gasteiger partial charge in [-0.2, -0.15) is 0 Å². The van der Waals surface area contributed by atoms with Crippen LogP contribution < -0.4 is 15.8 Å². The highest BCUT2D eigenvalue weighted by molar-refractivity contribution is 5.68. The molecule has 0 saturated heterocycles. The summed E-state index contributed by atoms with van der Waals surface area (Å²) in [5.74, 6) is 0.264. The molecule has 0 radical (unpaired) electrons. The first-order valence-corrected chi connectivity index (χ1v) is 8.60. The highest BCUT2D eigenvalue weighted by Gasteiger charge is 2.16. The number of rotatable bonds is 7. The van der Waals surface area contributed by atoms with Gasteiger partial charge in [-0.15, -0.1) is 10.2 Å². The number of carbonyl (C=O) groups is 1. The number of aromatic nitrogens is 2. The van der Waals surface area contributed by atoms with Crippen molar-refractivity contribution < 1.29 is 19.7 Å². The van der Waals surface area contributed by atoms with Crippen LogP contribution in [0.2, 0.25) is 0 Å². The van der Waals surface area contributed by atoms with E-state index in [1.165, 1.54) is 0 Å². The molecule has 1 unspecified atom stereocenters. The van der Waals surface area contributed by atoms with Gasteiger partial charge >= 0.3 is 6.09 Å². The first kappa shape index (κ1) is 19.0. The molecule has 0 aliphatic rings. The van der Waals surface area contributed by atoms with E-state index in [0.29, 0.717) is 17.0 Å². The molecule has 3 aromatic rings. The van der Waals surface area contributed by atoms with E-state index in [9.17, 15) is 9.90 Å². The van der Waals surface area contributed by atoms with Crippen LogP contribution in [0.4, 0.5) is 10.6 Å². The maximum Gasteiger partial charge on any atom is 0.404 e. The molecule has 144 valence electrons. The molecule has 0 aliphatic heterocycles. The first-order valence-electron chi connectivity index (χ1n) is 8.60. The average molecular weight is 380 g/mol. The lowest BCUT2D eigenvalue weighted by atomic mass is 10.00. The quantitative estimate of drug-likeness (QED) is 0.496. The molecule has 1 heterocycles. The summed E-state index contributed by atoms with van der Waals surface area (Å²) in [6.07, 6.45) is -1.10. The Labute approximate surface area is 161 Å². The number of hydrogen-bond donors (Lipinski definition) is 4. The number of para-hydroxylation sites is 1. The van der Waals surface area contributed by atoms with Crippen molar-refractivity contribution in [1.29, 1.82) is 0 Å². The van der Waals surface area contributed by atoms with Gasteiger partial charge in [0.05, 0.1) is 6.61 Å². The summed E-state index contributed by atoms with van der Waals surface area (Å²) in [5, 5.41) is 29.2. The van der Waals surface area contributed by atoms with Crippen LogP contribution in [0.3, 0.4) is 0 Å². The highest BCUT2D eigenvalue weighted by atomic mass is 16.5. The average Bonchev–Trinajstić information content (AvgIpc) is 2.70. The van der Waals surface area contributed by atoms with Gasteiger partial charge in [0, 0.05) is 24.1 Å². The lowest BCUT2D eigenvalue weighted by Crippen LogP contribution is -2.29. The number of nitrogen functional groups attached to an aromatic ring is 1. The number of anilines is 1. The van der Waals surface area contributed by atoms with Gasteiger partial charge in [-0.05, 0) is 17.7 Å². The van der Waals surface area contributed by atoms with Gasteiger partial charge in [-0.25, -0.2) is 4.79 Å². The second kappa shape index (κ2) is 8.72. The fourth-order valence-electron chi connectivity index (χ4n) is 2.72. The van der Waals surface area contributed by atoms with Gasteiger partial charge < -0.3 is 26.0 Å². The Hall–Kier alpha value is -3.81. The molecule has 0 saturated carbocycles. The summed E-state index contributed by atoms with van der Waals surface area (Å²) in [5.41, 5.74) is 7.74. The lowest BCUT2D eigenvalue weighted by molar-refractivity contribution is 0.191. The molecule has 0 aliphatic carbocycles. The zero-order valence-corrected chi connectivity index (χ0v) is 14.9. The van der Waals surface area contributed by atoms with E-state index < -0.39 is 6.09 Å². The minimum Gasteiger partial charge on any atom is -0.507 e. The fourth-order valence-corrected chi connectivity index (χ4v) is 2.72. The Balaban J connectivity index is 1.80. The van der Waals surface area contributed by atoms with Crippen molar-refractivity contribution >= 4 is 11.9 Å². The van der Waals surface area contributed by atoms with Crippen molar-refractivity contribution in [3.63, 3.8) is 0 Å². The van der Waals surface area contributed by atoms with E-state index in [4.69, 9.17) is 15.6 Å². The number of phenols is 1. The molecule has 0 bridgehead atoms. The number of phenolic OH excluding ortho intramolecular Hbond substituents is 1. The molecular weight excluding hydrogens is 360 g/mol. The smallest absolute Gasteiger partial charge is 0.404 e. The summed E-state index contributed by atoms with van der Waals surface area (Å²) < 4.78 is 5.85. The number of nitrogens with one attached hydrogen (secondary N) is 1. The van der Waals surface area contributed by atoms with E-state index in [0.717, 1.165) is 5.56 Å². The maximum absolute atomic E-state index is 10.9. The molecule has 28 heavy (non-hydrogen) atoms. The number of hydrogen-bond acceptors (Lipinski definition) is 6. The molecule has 8 heteroatoms. The Morgan fingerprint density at radius 2 is 1.82 bits per heavy atom. The van der Waals surface area contributed by atoms with Crippen LogP contribution in [0.1, 0.15) is 11.5 Å². The SMILES string of the molecule is Nc1nnc(-c2ccccc2O)cc1OCC(CNC(=O)O)c1ccccc1. The Kier molecular flexibility index (Phi) is 5.91. The van der Waals surface area contributed by atoms with Crippen molar-refractivity contribution in [2.45, 2.75) is 5.92 Å². The van der Waals surface area contributed by atoms with Gasteiger partial charge in [0.1, 0.15) is 11.4 Å². The Morgan fingerprint density at radius 1 is 1.11 bits per heavy atom. The number of nitrogens with zero attached hydrogens (tertiary/aromatic N) is 2. The normalized spacial score (nSPS) is 11.6. The second-order valence-corrected chi connectivity index (χ2v) is 6.10. The topological polar surface area (TPSA) is 131 Å². The van der Waals surface area contributed by atoms with Crippen LogP contribution in [-0.2, 0) is 0 Å². The predicted octanol–water partition coefficient (Wildman–Crippen LogP) is 2.86. The molecular formula is C20H20N4O4. The number of carboxylic acid groups (broad SMARTS) is 1. The molecule has 8 nitrogen and oxygen atoms in total. The van der Waals surface area contributed by atoms with Crippen LogP contribution >= 0.6 is 0 Å². The number of aromatic hydroxyl groups is 1. The summed E-state index contributed by atoms with van der Waals surface area (Å²) in [6, 6.07) is 17.8. The number of benzene rings is 2. The fraction of sp³-hybridized carbons (Fsp3) is 0.150.